The standard InChI is InChI=1S/C36H55N5O4/c1-6-26-18-24(2)20-29(21-25(3)19-26)40-27-10-9-11-28(40)23-30(22-27)41-33-13-8-7-12-31(33)37-35(36(41)44)32(14-15-34(42)43)38-45-17-16-39(4)5/h7-8,12-13,24-30H,6,9-11,14-23H2,1-5H3,(H,42,43)/b38-32+/t24-,25+,26+,27-,28+,29-,30+. The highest BCUT2D eigenvalue weighted by atomic mass is 16.6. The molecule has 0 unspecified atom stereocenters. The van der Waals surface area contributed by atoms with Crippen molar-refractivity contribution in [1.82, 2.24) is 19.4 Å². The van der Waals surface area contributed by atoms with E-state index < -0.39 is 5.97 Å². The number of piperidine rings is 2. The van der Waals surface area contributed by atoms with Crippen molar-refractivity contribution in [2.75, 3.05) is 27.2 Å². The van der Waals surface area contributed by atoms with E-state index in [1.54, 1.807) is 0 Å². The molecule has 0 radical (unpaired) electrons. The summed E-state index contributed by atoms with van der Waals surface area (Å²) in [6.07, 6.45) is 12.0. The van der Waals surface area contributed by atoms with Gasteiger partial charge in [-0.2, -0.15) is 0 Å². The largest absolute Gasteiger partial charge is 0.481 e. The van der Waals surface area contributed by atoms with Gasteiger partial charge >= 0.3 is 5.97 Å². The molecule has 9 heteroatoms. The maximum Gasteiger partial charge on any atom is 0.303 e. The van der Waals surface area contributed by atoms with Crippen LogP contribution in [0.1, 0.15) is 110 Å². The van der Waals surface area contributed by atoms with Gasteiger partial charge in [-0.3, -0.25) is 14.5 Å². The molecular formula is C36H55N5O4. The average molecular weight is 622 g/mol. The third-order valence-corrected chi connectivity index (χ3v) is 10.6. The number of carboxylic acids is 1. The number of aromatic nitrogens is 2. The lowest BCUT2D eigenvalue weighted by atomic mass is 9.74. The zero-order valence-corrected chi connectivity index (χ0v) is 28.2. The summed E-state index contributed by atoms with van der Waals surface area (Å²) >= 11 is 0. The van der Waals surface area contributed by atoms with Crippen LogP contribution in [-0.2, 0) is 9.63 Å². The monoisotopic (exact) mass is 621 g/mol. The van der Waals surface area contributed by atoms with Crippen LogP contribution in [-0.4, -0.2) is 81.5 Å². The van der Waals surface area contributed by atoms with E-state index in [1.165, 1.54) is 51.4 Å². The van der Waals surface area contributed by atoms with E-state index >= 15 is 0 Å². The second kappa shape index (κ2) is 15.2. The van der Waals surface area contributed by atoms with Crippen molar-refractivity contribution in [3.63, 3.8) is 0 Å². The van der Waals surface area contributed by atoms with E-state index in [4.69, 9.17) is 9.82 Å². The smallest absolute Gasteiger partial charge is 0.303 e. The van der Waals surface area contributed by atoms with Crippen LogP contribution in [0, 0.1) is 17.8 Å². The zero-order chi connectivity index (χ0) is 32.1. The van der Waals surface area contributed by atoms with Crippen molar-refractivity contribution in [2.24, 2.45) is 22.9 Å². The molecule has 2 aromatic rings. The number of benzene rings is 1. The number of para-hydroxylation sites is 2. The molecule has 1 aliphatic carbocycles. The van der Waals surface area contributed by atoms with E-state index in [2.05, 4.69) is 30.8 Å². The number of carbonyl (C=O) groups is 1. The van der Waals surface area contributed by atoms with Crippen LogP contribution in [0.25, 0.3) is 11.0 Å². The van der Waals surface area contributed by atoms with Gasteiger partial charge in [-0.15, -0.1) is 0 Å². The normalized spacial score (nSPS) is 29.8. The van der Waals surface area contributed by atoms with E-state index in [1.807, 2.05) is 47.8 Å². The predicted molar refractivity (Wildman–Crippen MR) is 180 cm³/mol. The summed E-state index contributed by atoms with van der Waals surface area (Å²) in [6, 6.07) is 9.44. The number of oxime groups is 1. The summed E-state index contributed by atoms with van der Waals surface area (Å²) in [6.45, 7) is 8.28. The Bertz CT molecular complexity index is 1360. The second-order valence-corrected chi connectivity index (χ2v) is 14.6. The van der Waals surface area contributed by atoms with Gasteiger partial charge in [0, 0.05) is 37.1 Å². The predicted octanol–water partition coefficient (Wildman–Crippen LogP) is 6.34. The molecule has 1 aromatic carbocycles. The zero-order valence-electron chi connectivity index (χ0n) is 28.2. The minimum Gasteiger partial charge on any atom is -0.481 e. The van der Waals surface area contributed by atoms with E-state index in [-0.39, 0.29) is 30.1 Å². The number of carboxylic acid groups (broad SMARTS) is 1. The van der Waals surface area contributed by atoms with Gasteiger partial charge in [0.05, 0.1) is 17.5 Å². The lowest BCUT2D eigenvalue weighted by molar-refractivity contribution is -0.136. The molecule has 5 rings (SSSR count). The van der Waals surface area contributed by atoms with Gasteiger partial charge in [-0.1, -0.05) is 50.9 Å². The van der Waals surface area contributed by atoms with Crippen LogP contribution >= 0.6 is 0 Å². The molecule has 9 nitrogen and oxygen atoms in total. The topological polar surface area (TPSA) is 100 Å². The quantitative estimate of drug-likeness (QED) is 0.178. The number of rotatable bonds is 11. The molecule has 7 atom stereocenters. The van der Waals surface area contributed by atoms with Crippen LogP contribution < -0.4 is 5.56 Å². The number of fused-ring (bicyclic) bond motifs is 3. The van der Waals surface area contributed by atoms with Crippen molar-refractivity contribution < 1.29 is 14.7 Å². The highest BCUT2D eigenvalue weighted by molar-refractivity contribution is 6.00. The van der Waals surface area contributed by atoms with Crippen LogP contribution in [0.4, 0.5) is 0 Å². The molecule has 0 amide bonds. The molecule has 3 fully saturated rings. The first-order valence-electron chi connectivity index (χ1n) is 17.5. The Morgan fingerprint density at radius 1 is 0.978 bits per heavy atom. The summed E-state index contributed by atoms with van der Waals surface area (Å²) in [4.78, 5) is 41.2. The SMILES string of the molecule is CC[C@H]1C[C@@H](C)C[C@@H](N2[C@@H]3CCC[C@H]2C[C@@H](n2c(=O)c(/C(CCC(=O)O)=N/OCCN(C)C)nc4ccccc42)C3)C[C@@H](C)C1. The van der Waals surface area contributed by atoms with Crippen LogP contribution in [0.5, 0.6) is 0 Å². The molecule has 248 valence electrons. The fourth-order valence-electron chi connectivity index (χ4n) is 8.71. The maximum atomic E-state index is 14.4. The van der Waals surface area contributed by atoms with Crippen LogP contribution in [0.3, 0.4) is 0 Å². The van der Waals surface area contributed by atoms with E-state index in [0.29, 0.717) is 37.0 Å². The molecule has 45 heavy (non-hydrogen) atoms. The second-order valence-electron chi connectivity index (χ2n) is 14.6. The van der Waals surface area contributed by atoms with Crippen molar-refractivity contribution in [3.05, 3.63) is 40.3 Å². The van der Waals surface area contributed by atoms with Crippen molar-refractivity contribution in [2.45, 2.75) is 122 Å². The summed E-state index contributed by atoms with van der Waals surface area (Å²) in [5.41, 5.74) is 1.89. The van der Waals surface area contributed by atoms with Gasteiger partial charge < -0.3 is 19.4 Å². The highest BCUT2D eigenvalue weighted by Crippen LogP contribution is 2.44. The summed E-state index contributed by atoms with van der Waals surface area (Å²) in [5, 5.41) is 13.8. The van der Waals surface area contributed by atoms with E-state index in [0.717, 1.165) is 41.6 Å². The first-order chi connectivity index (χ1) is 21.6. The van der Waals surface area contributed by atoms with Crippen molar-refractivity contribution in [3.8, 4) is 0 Å². The molecule has 2 saturated heterocycles. The van der Waals surface area contributed by atoms with Gasteiger partial charge in [-0.05, 0) is 95.3 Å². The van der Waals surface area contributed by atoms with Gasteiger partial charge in [0.15, 0.2) is 5.69 Å². The summed E-state index contributed by atoms with van der Waals surface area (Å²) < 4.78 is 1.98. The Hall–Kier alpha value is -2.78. The van der Waals surface area contributed by atoms with Gasteiger partial charge in [0.25, 0.3) is 5.56 Å². The molecule has 3 heterocycles. The fourth-order valence-corrected chi connectivity index (χ4v) is 8.71. The van der Waals surface area contributed by atoms with Gasteiger partial charge in [0.1, 0.15) is 12.3 Å². The Morgan fingerprint density at radius 2 is 1.64 bits per heavy atom. The molecule has 1 aromatic heterocycles. The van der Waals surface area contributed by atoms with Crippen LogP contribution in [0.15, 0.2) is 34.2 Å². The minimum absolute atomic E-state index is 0.0546. The van der Waals surface area contributed by atoms with E-state index in [9.17, 15) is 14.7 Å². The molecule has 2 aliphatic heterocycles. The Morgan fingerprint density at radius 3 is 2.27 bits per heavy atom. The minimum atomic E-state index is -0.944. The fraction of sp³-hybridized carbons (Fsp3) is 0.722. The highest BCUT2D eigenvalue weighted by Gasteiger charge is 2.44. The van der Waals surface area contributed by atoms with Gasteiger partial charge in [-0.25, -0.2) is 4.98 Å². The lowest BCUT2D eigenvalue weighted by Gasteiger charge is -2.54. The van der Waals surface area contributed by atoms with Crippen molar-refractivity contribution >= 4 is 22.7 Å². The molecule has 1 saturated carbocycles. The summed E-state index contributed by atoms with van der Waals surface area (Å²) in [5.74, 6) is 1.39. The van der Waals surface area contributed by atoms with Gasteiger partial charge in [0.2, 0.25) is 0 Å². The number of aliphatic carboxylic acids is 1. The Labute approximate surface area is 269 Å². The third kappa shape index (κ3) is 8.15. The average Bonchev–Trinajstić information content (AvgIpc) is 2.98. The summed E-state index contributed by atoms with van der Waals surface area (Å²) in [7, 11) is 3.89. The van der Waals surface area contributed by atoms with Crippen LogP contribution in [0.2, 0.25) is 0 Å². The lowest BCUT2D eigenvalue weighted by Crippen LogP contribution is -2.58. The number of likely N-dealkylation sites (N-methyl/N-ethyl adjacent to an activating group) is 1. The number of hydrogen-bond acceptors (Lipinski definition) is 7. The van der Waals surface area contributed by atoms with Crippen molar-refractivity contribution in [1.29, 1.82) is 0 Å². The molecule has 1 N–H and O–H groups in total. The molecule has 0 spiro atoms. The number of hydrogen-bond donors (Lipinski definition) is 1. The number of nitrogens with zero attached hydrogens (tertiary/aromatic N) is 5. The maximum absolute atomic E-state index is 14.4. The molecule has 2 bridgehead atoms. The first-order valence-corrected chi connectivity index (χ1v) is 17.5. The Balaban J connectivity index is 1.47. The first kappa shape index (κ1) is 33.6. The third-order valence-electron chi connectivity index (χ3n) is 10.6. The molecular weight excluding hydrogens is 566 g/mol. The molecule has 3 aliphatic rings. The Kier molecular flexibility index (Phi) is 11.3.